The van der Waals surface area contributed by atoms with Gasteiger partial charge in [-0.3, -0.25) is 9.69 Å². The highest BCUT2D eigenvalue weighted by Crippen LogP contribution is 2.30. The minimum atomic E-state index is -0.0308. The molecule has 8 heteroatoms. The highest BCUT2D eigenvalue weighted by atomic mass is 16.5. The summed E-state index contributed by atoms with van der Waals surface area (Å²) in [5.41, 5.74) is 2.28. The van der Waals surface area contributed by atoms with Crippen molar-refractivity contribution in [3.05, 3.63) is 35.9 Å². The standard InChI is InChI=1S/C17H26N6O2/c1-20(2)16(24)11-25-10-14-17-13(19-12-22(17)4)5-7-23(14)9-15-18-6-8-21(15)3/h6,8,12,14H,5,7,9-11H2,1-4H3. The van der Waals surface area contributed by atoms with Crippen LogP contribution >= 0.6 is 0 Å². The number of ether oxygens (including phenoxy) is 1. The Labute approximate surface area is 148 Å². The number of nitrogens with zero attached hydrogens (tertiary/aromatic N) is 6. The maximum absolute atomic E-state index is 11.8. The molecule has 1 unspecified atom stereocenters. The summed E-state index contributed by atoms with van der Waals surface area (Å²) >= 11 is 0. The van der Waals surface area contributed by atoms with Crippen LogP contribution < -0.4 is 0 Å². The summed E-state index contributed by atoms with van der Waals surface area (Å²) in [6.45, 7) is 2.18. The van der Waals surface area contributed by atoms with E-state index < -0.39 is 0 Å². The van der Waals surface area contributed by atoms with Gasteiger partial charge in [-0.25, -0.2) is 9.97 Å². The van der Waals surface area contributed by atoms with Crippen LogP contribution in [0.4, 0.5) is 0 Å². The van der Waals surface area contributed by atoms with Gasteiger partial charge >= 0.3 is 0 Å². The van der Waals surface area contributed by atoms with E-state index in [9.17, 15) is 4.79 Å². The van der Waals surface area contributed by atoms with Gasteiger partial charge in [-0.15, -0.1) is 0 Å². The molecular formula is C17H26N6O2. The normalized spacial score (nSPS) is 17.5. The third-order valence-electron chi connectivity index (χ3n) is 4.72. The second-order valence-electron chi connectivity index (χ2n) is 6.68. The minimum absolute atomic E-state index is 0.0308. The molecule has 0 bridgehead atoms. The molecule has 2 aromatic heterocycles. The second-order valence-corrected chi connectivity index (χ2v) is 6.68. The maximum atomic E-state index is 11.8. The number of imidazole rings is 2. The topological polar surface area (TPSA) is 68.4 Å². The Bertz CT molecular complexity index is 735. The Morgan fingerprint density at radius 2 is 2.12 bits per heavy atom. The van der Waals surface area contributed by atoms with Gasteiger partial charge in [0.2, 0.25) is 5.91 Å². The minimum Gasteiger partial charge on any atom is -0.370 e. The molecule has 0 aliphatic carbocycles. The summed E-state index contributed by atoms with van der Waals surface area (Å²) in [6, 6.07) is 0.0583. The van der Waals surface area contributed by atoms with Gasteiger partial charge in [0, 0.05) is 53.5 Å². The number of hydrogen-bond acceptors (Lipinski definition) is 5. The van der Waals surface area contributed by atoms with Crippen molar-refractivity contribution in [1.82, 2.24) is 28.9 Å². The lowest BCUT2D eigenvalue weighted by Crippen LogP contribution is -2.39. The van der Waals surface area contributed by atoms with Gasteiger partial charge in [-0.05, 0) is 0 Å². The third-order valence-corrected chi connectivity index (χ3v) is 4.72. The quantitative estimate of drug-likeness (QED) is 0.755. The van der Waals surface area contributed by atoms with Gasteiger partial charge in [0.25, 0.3) is 0 Å². The predicted octanol–water partition coefficient (Wildman–Crippen LogP) is 0.358. The van der Waals surface area contributed by atoms with Gasteiger partial charge < -0.3 is 18.8 Å². The van der Waals surface area contributed by atoms with Crippen molar-refractivity contribution in [3.8, 4) is 0 Å². The molecule has 0 saturated carbocycles. The summed E-state index contributed by atoms with van der Waals surface area (Å²) < 4.78 is 9.85. The van der Waals surface area contributed by atoms with E-state index in [-0.39, 0.29) is 18.6 Å². The number of likely N-dealkylation sites (N-methyl/N-ethyl adjacent to an activating group) is 1. The van der Waals surface area contributed by atoms with Crippen LogP contribution in [0.15, 0.2) is 18.7 Å². The van der Waals surface area contributed by atoms with Gasteiger partial charge in [-0.2, -0.15) is 0 Å². The highest BCUT2D eigenvalue weighted by molar-refractivity contribution is 5.76. The van der Waals surface area contributed by atoms with Crippen molar-refractivity contribution in [2.75, 3.05) is 33.9 Å². The Hall–Kier alpha value is -2.19. The summed E-state index contributed by atoms with van der Waals surface area (Å²) in [7, 11) is 7.48. The van der Waals surface area contributed by atoms with Crippen molar-refractivity contribution in [3.63, 3.8) is 0 Å². The number of rotatable bonds is 6. The molecule has 0 fully saturated rings. The molecule has 0 N–H and O–H groups in total. The van der Waals surface area contributed by atoms with Gasteiger partial charge in [0.1, 0.15) is 12.4 Å². The molecule has 25 heavy (non-hydrogen) atoms. The average Bonchev–Trinajstić information content (AvgIpc) is 3.15. The van der Waals surface area contributed by atoms with Crippen molar-refractivity contribution in [1.29, 1.82) is 0 Å². The number of carbonyl (C=O) groups excluding carboxylic acids is 1. The number of hydrogen-bond donors (Lipinski definition) is 0. The van der Waals surface area contributed by atoms with Crippen LogP contribution in [0.5, 0.6) is 0 Å². The van der Waals surface area contributed by atoms with Crippen molar-refractivity contribution >= 4 is 5.91 Å². The van der Waals surface area contributed by atoms with Gasteiger partial charge in [0.05, 0.1) is 36.9 Å². The summed E-state index contributed by atoms with van der Waals surface area (Å²) in [4.78, 5) is 24.6. The molecule has 0 radical (unpaired) electrons. The van der Waals surface area contributed by atoms with E-state index in [1.54, 1.807) is 19.0 Å². The highest BCUT2D eigenvalue weighted by Gasteiger charge is 2.31. The SMILES string of the molecule is CN(C)C(=O)COCC1c2c(ncn2C)CCN1Cc1nccn1C. The summed E-state index contributed by atoms with van der Waals surface area (Å²) in [6.07, 6.45) is 6.53. The Kier molecular flexibility index (Phi) is 5.19. The fraction of sp³-hybridized carbons (Fsp3) is 0.588. The molecule has 3 heterocycles. The lowest BCUT2D eigenvalue weighted by Gasteiger charge is -2.35. The first-order valence-corrected chi connectivity index (χ1v) is 8.45. The zero-order valence-electron chi connectivity index (χ0n) is 15.3. The van der Waals surface area contributed by atoms with Crippen LogP contribution in [0.25, 0.3) is 0 Å². The maximum Gasteiger partial charge on any atom is 0.248 e. The second kappa shape index (κ2) is 7.37. The Morgan fingerprint density at radius 1 is 1.32 bits per heavy atom. The van der Waals surface area contributed by atoms with E-state index in [0.29, 0.717) is 6.61 Å². The molecule has 0 saturated heterocycles. The van der Waals surface area contributed by atoms with Crippen LogP contribution in [-0.4, -0.2) is 68.7 Å². The van der Waals surface area contributed by atoms with E-state index in [4.69, 9.17) is 4.74 Å². The number of amides is 1. The zero-order chi connectivity index (χ0) is 18.0. The molecule has 3 rings (SSSR count). The summed E-state index contributed by atoms with van der Waals surface area (Å²) in [5.74, 6) is 0.983. The molecule has 1 aliphatic heterocycles. The number of fused-ring (bicyclic) bond motifs is 1. The van der Waals surface area contributed by atoms with E-state index >= 15 is 0 Å². The van der Waals surface area contributed by atoms with Crippen LogP contribution in [0, 0.1) is 0 Å². The van der Waals surface area contributed by atoms with Crippen LogP contribution in [0.2, 0.25) is 0 Å². The molecule has 0 aromatic carbocycles. The van der Waals surface area contributed by atoms with E-state index in [0.717, 1.165) is 36.7 Å². The molecule has 8 nitrogen and oxygen atoms in total. The molecule has 1 atom stereocenters. The number of aryl methyl sites for hydroxylation is 2. The first-order valence-electron chi connectivity index (χ1n) is 8.45. The smallest absolute Gasteiger partial charge is 0.248 e. The lowest BCUT2D eigenvalue weighted by molar-refractivity contribution is -0.134. The van der Waals surface area contributed by atoms with E-state index in [2.05, 4.69) is 19.4 Å². The Balaban J connectivity index is 1.76. The van der Waals surface area contributed by atoms with Crippen molar-refractivity contribution in [2.45, 2.75) is 19.0 Å². The monoisotopic (exact) mass is 346 g/mol. The molecule has 1 aliphatic rings. The van der Waals surface area contributed by atoms with Crippen molar-refractivity contribution in [2.24, 2.45) is 14.1 Å². The first kappa shape index (κ1) is 17.6. The van der Waals surface area contributed by atoms with E-state index in [1.807, 2.05) is 37.4 Å². The van der Waals surface area contributed by atoms with Gasteiger partial charge in [0.15, 0.2) is 0 Å². The number of carbonyl (C=O) groups is 1. The molecule has 0 spiro atoms. The lowest BCUT2D eigenvalue weighted by atomic mass is 10.0. The average molecular weight is 346 g/mol. The van der Waals surface area contributed by atoms with Crippen LogP contribution in [-0.2, 0) is 36.6 Å². The van der Waals surface area contributed by atoms with Crippen LogP contribution in [0.1, 0.15) is 23.3 Å². The largest absolute Gasteiger partial charge is 0.370 e. The molecule has 136 valence electrons. The van der Waals surface area contributed by atoms with Gasteiger partial charge in [-0.1, -0.05) is 0 Å². The summed E-state index contributed by atoms with van der Waals surface area (Å²) in [5, 5.41) is 0. The molecule has 1 amide bonds. The number of aromatic nitrogens is 4. The molecule has 2 aromatic rings. The first-order chi connectivity index (χ1) is 12.0. The van der Waals surface area contributed by atoms with Crippen molar-refractivity contribution < 1.29 is 9.53 Å². The fourth-order valence-corrected chi connectivity index (χ4v) is 3.18. The van der Waals surface area contributed by atoms with E-state index in [1.165, 1.54) is 0 Å². The zero-order valence-corrected chi connectivity index (χ0v) is 15.3. The Morgan fingerprint density at radius 3 is 2.80 bits per heavy atom. The predicted molar refractivity (Wildman–Crippen MR) is 92.8 cm³/mol. The fourth-order valence-electron chi connectivity index (χ4n) is 3.18. The third kappa shape index (κ3) is 3.74. The van der Waals surface area contributed by atoms with Crippen LogP contribution in [0.3, 0.4) is 0 Å². The molecular weight excluding hydrogens is 320 g/mol.